The zero-order valence-corrected chi connectivity index (χ0v) is 11.3. The molecule has 0 saturated carbocycles. The van der Waals surface area contributed by atoms with Gasteiger partial charge in [0.2, 0.25) is 0 Å². The standard InChI is InChI=1S/C15H16N2O3/c1-9-3-4-12(8-14(9)18)17-15(19)10-5-11(16)7-13(6-10)20-2/h3-8,18H,16H2,1-2H3,(H,17,19). The van der Waals surface area contributed by atoms with E-state index in [0.29, 0.717) is 22.7 Å². The smallest absolute Gasteiger partial charge is 0.255 e. The van der Waals surface area contributed by atoms with Crippen LogP contribution >= 0.6 is 0 Å². The van der Waals surface area contributed by atoms with Gasteiger partial charge in [0.25, 0.3) is 5.91 Å². The fourth-order valence-corrected chi connectivity index (χ4v) is 1.76. The maximum absolute atomic E-state index is 12.1. The average Bonchev–Trinajstić information content (AvgIpc) is 2.42. The van der Waals surface area contributed by atoms with Crippen LogP contribution in [0.2, 0.25) is 0 Å². The Morgan fingerprint density at radius 3 is 2.65 bits per heavy atom. The molecular formula is C15H16N2O3. The monoisotopic (exact) mass is 272 g/mol. The Morgan fingerprint density at radius 1 is 1.25 bits per heavy atom. The second-order valence-electron chi connectivity index (χ2n) is 4.45. The first-order chi connectivity index (χ1) is 9.49. The van der Waals surface area contributed by atoms with Gasteiger partial charge in [-0.2, -0.15) is 0 Å². The number of benzene rings is 2. The molecule has 104 valence electrons. The summed E-state index contributed by atoms with van der Waals surface area (Å²) in [5.41, 5.74) is 7.80. The molecule has 0 aliphatic rings. The summed E-state index contributed by atoms with van der Waals surface area (Å²) in [6.07, 6.45) is 0. The third kappa shape index (κ3) is 3.00. The van der Waals surface area contributed by atoms with Crippen LogP contribution in [0.25, 0.3) is 0 Å². The SMILES string of the molecule is COc1cc(N)cc(C(=O)Nc2ccc(C)c(O)c2)c1. The van der Waals surface area contributed by atoms with Crippen LogP contribution in [0.1, 0.15) is 15.9 Å². The molecule has 0 radical (unpaired) electrons. The number of carbonyl (C=O) groups excluding carboxylic acids is 1. The van der Waals surface area contributed by atoms with Gasteiger partial charge < -0.3 is 20.9 Å². The van der Waals surface area contributed by atoms with Crippen molar-refractivity contribution in [2.24, 2.45) is 0 Å². The molecular weight excluding hydrogens is 256 g/mol. The Morgan fingerprint density at radius 2 is 2.00 bits per heavy atom. The number of rotatable bonds is 3. The van der Waals surface area contributed by atoms with E-state index in [1.54, 1.807) is 37.3 Å². The van der Waals surface area contributed by atoms with E-state index in [1.165, 1.54) is 13.2 Å². The molecule has 0 bridgehead atoms. The number of amides is 1. The molecule has 5 heteroatoms. The summed E-state index contributed by atoms with van der Waals surface area (Å²) < 4.78 is 5.07. The molecule has 5 nitrogen and oxygen atoms in total. The van der Waals surface area contributed by atoms with E-state index in [1.807, 2.05) is 0 Å². The quantitative estimate of drug-likeness (QED) is 0.750. The number of nitrogens with two attached hydrogens (primary N) is 1. The zero-order chi connectivity index (χ0) is 14.7. The number of ether oxygens (including phenoxy) is 1. The van der Waals surface area contributed by atoms with E-state index in [9.17, 15) is 9.90 Å². The van der Waals surface area contributed by atoms with Gasteiger partial charge in [-0.1, -0.05) is 6.07 Å². The lowest BCUT2D eigenvalue weighted by molar-refractivity contribution is 0.102. The minimum Gasteiger partial charge on any atom is -0.508 e. The minimum absolute atomic E-state index is 0.132. The lowest BCUT2D eigenvalue weighted by atomic mass is 10.1. The molecule has 0 aliphatic heterocycles. The van der Waals surface area contributed by atoms with Gasteiger partial charge in [-0.05, 0) is 30.7 Å². The van der Waals surface area contributed by atoms with Crippen molar-refractivity contribution >= 4 is 17.3 Å². The van der Waals surface area contributed by atoms with Crippen molar-refractivity contribution in [1.29, 1.82) is 0 Å². The second-order valence-corrected chi connectivity index (χ2v) is 4.45. The van der Waals surface area contributed by atoms with E-state index >= 15 is 0 Å². The highest BCUT2D eigenvalue weighted by atomic mass is 16.5. The third-order valence-corrected chi connectivity index (χ3v) is 2.89. The number of anilines is 2. The zero-order valence-electron chi connectivity index (χ0n) is 11.3. The predicted octanol–water partition coefficient (Wildman–Crippen LogP) is 2.54. The molecule has 20 heavy (non-hydrogen) atoms. The molecule has 0 spiro atoms. The Hall–Kier alpha value is -2.69. The molecule has 0 saturated heterocycles. The van der Waals surface area contributed by atoms with Crippen LogP contribution in [-0.2, 0) is 0 Å². The van der Waals surface area contributed by atoms with Crippen LogP contribution in [0.15, 0.2) is 36.4 Å². The lowest BCUT2D eigenvalue weighted by Crippen LogP contribution is -2.12. The van der Waals surface area contributed by atoms with Crippen LogP contribution < -0.4 is 15.8 Å². The lowest BCUT2D eigenvalue weighted by Gasteiger charge is -2.09. The van der Waals surface area contributed by atoms with Crippen molar-refractivity contribution in [2.45, 2.75) is 6.92 Å². The summed E-state index contributed by atoms with van der Waals surface area (Å²) in [6, 6.07) is 9.73. The minimum atomic E-state index is -0.321. The maximum Gasteiger partial charge on any atom is 0.255 e. The number of methoxy groups -OCH3 is 1. The first kappa shape index (κ1) is 13.7. The predicted molar refractivity (Wildman–Crippen MR) is 78.2 cm³/mol. The van der Waals surface area contributed by atoms with Crippen molar-refractivity contribution < 1.29 is 14.6 Å². The van der Waals surface area contributed by atoms with E-state index in [-0.39, 0.29) is 11.7 Å². The molecule has 0 aromatic heterocycles. The number of nitrogen functional groups attached to an aromatic ring is 1. The fourth-order valence-electron chi connectivity index (χ4n) is 1.76. The third-order valence-electron chi connectivity index (χ3n) is 2.89. The number of aromatic hydroxyl groups is 1. The molecule has 0 fully saturated rings. The van der Waals surface area contributed by atoms with Crippen LogP contribution in [0.4, 0.5) is 11.4 Å². The van der Waals surface area contributed by atoms with Gasteiger partial charge in [-0.15, -0.1) is 0 Å². The van der Waals surface area contributed by atoms with E-state index in [2.05, 4.69) is 5.32 Å². The van der Waals surface area contributed by atoms with E-state index < -0.39 is 0 Å². The highest BCUT2D eigenvalue weighted by Crippen LogP contribution is 2.23. The topological polar surface area (TPSA) is 84.6 Å². The normalized spacial score (nSPS) is 10.1. The highest BCUT2D eigenvalue weighted by Gasteiger charge is 2.09. The summed E-state index contributed by atoms with van der Waals surface area (Å²) in [6.45, 7) is 1.78. The number of phenolic OH excluding ortho intramolecular Hbond substituents is 1. The van der Waals surface area contributed by atoms with Crippen molar-refractivity contribution in [3.8, 4) is 11.5 Å². The molecule has 2 aromatic rings. The number of nitrogens with one attached hydrogen (secondary N) is 1. The average molecular weight is 272 g/mol. The molecule has 1 amide bonds. The van der Waals surface area contributed by atoms with Crippen molar-refractivity contribution in [3.05, 3.63) is 47.5 Å². The van der Waals surface area contributed by atoms with Crippen molar-refractivity contribution in [1.82, 2.24) is 0 Å². The Bertz CT molecular complexity index is 654. The Labute approximate surface area is 117 Å². The number of hydrogen-bond acceptors (Lipinski definition) is 4. The van der Waals surface area contributed by atoms with E-state index in [0.717, 1.165) is 5.56 Å². The summed E-state index contributed by atoms with van der Waals surface area (Å²) in [7, 11) is 1.51. The van der Waals surface area contributed by atoms with Gasteiger partial charge in [0.15, 0.2) is 0 Å². The van der Waals surface area contributed by atoms with Gasteiger partial charge >= 0.3 is 0 Å². The highest BCUT2D eigenvalue weighted by molar-refractivity contribution is 6.05. The van der Waals surface area contributed by atoms with Crippen molar-refractivity contribution in [3.63, 3.8) is 0 Å². The molecule has 0 heterocycles. The second kappa shape index (κ2) is 5.52. The first-order valence-corrected chi connectivity index (χ1v) is 6.05. The molecule has 0 atom stereocenters. The van der Waals surface area contributed by atoms with Gasteiger partial charge in [-0.3, -0.25) is 4.79 Å². The molecule has 2 aromatic carbocycles. The number of carbonyl (C=O) groups is 1. The van der Waals surface area contributed by atoms with Crippen LogP contribution in [0.3, 0.4) is 0 Å². The summed E-state index contributed by atoms with van der Waals surface area (Å²) in [5, 5.41) is 12.3. The van der Waals surface area contributed by atoms with Gasteiger partial charge in [0.1, 0.15) is 11.5 Å². The van der Waals surface area contributed by atoms with Gasteiger partial charge in [0.05, 0.1) is 7.11 Å². The van der Waals surface area contributed by atoms with E-state index in [4.69, 9.17) is 10.5 Å². The number of phenols is 1. The first-order valence-electron chi connectivity index (χ1n) is 6.05. The van der Waals surface area contributed by atoms with Crippen molar-refractivity contribution in [2.75, 3.05) is 18.2 Å². The summed E-state index contributed by atoms with van der Waals surface area (Å²) in [4.78, 5) is 12.1. The number of aryl methyl sites for hydroxylation is 1. The Kier molecular flexibility index (Phi) is 3.79. The van der Waals surface area contributed by atoms with Crippen LogP contribution in [-0.4, -0.2) is 18.1 Å². The van der Waals surface area contributed by atoms with Crippen LogP contribution in [0, 0.1) is 6.92 Å². The molecule has 2 rings (SSSR count). The van der Waals surface area contributed by atoms with Gasteiger partial charge in [0, 0.05) is 29.1 Å². The summed E-state index contributed by atoms with van der Waals surface area (Å²) >= 11 is 0. The largest absolute Gasteiger partial charge is 0.508 e. The Balaban J connectivity index is 2.23. The van der Waals surface area contributed by atoms with Crippen LogP contribution in [0.5, 0.6) is 11.5 Å². The molecule has 4 N–H and O–H groups in total. The maximum atomic E-state index is 12.1. The molecule has 0 aliphatic carbocycles. The van der Waals surface area contributed by atoms with Gasteiger partial charge in [-0.25, -0.2) is 0 Å². The molecule has 0 unspecified atom stereocenters. The fraction of sp³-hybridized carbons (Fsp3) is 0.133. The number of hydrogen-bond donors (Lipinski definition) is 3. The summed E-state index contributed by atoms with van der Waals surface area (Å²) in [5.74, 6) is 0.328.